The third kappa shape index (κ3) is 4.28. The first-order chi connectivity index (χ1) is 10.6. The van der Waals surface area contributed by atoms with Crippen LogP contribution in [0.1, 0.15) is 36.2 Å². The number of amides is 1. The molecule has 0 aliphatic heterocycles. The molecule has 0 radical (unpaired) electrons. The zero-order valence-corrected chi connectivity index (χ0v) is 13.3. The zero-order chi connectivity index (χ0) is 15.9. The molecule has 1 atom stereocenters. The molecule has 0 bridgehead atoms. The van der Waals surface area contributed by atoms with Crippen LogP contribution in [0.25, 0.3) is 0 Å². The van der Waals surface area contributed by atoms with Crippen LogP contribution < -0.4 is 5.32 Å². The third-order valence-electron chi connectivity index (χ3n) is 3.50. The molecule has 0 aliphatic rings. The van der Waals surface area contributed by atoms with Crippen molar-refractivity contribution >= 4 is 11.9 Å². The Morgan fingerprint density at radius 2 is 1.86 bits per heavy atom. The van der Waals surface area contributed by atoms with E-state index in [1.807, 2.05) is 30.3 Å². The summed E-state index contributed by atoms with van der Waals surface area (Å²) in [7, 11) is 1.78. The van der Waals surface area contributed by atoms with Gasteiger partial charge in [0.2, 0.25) is 5.95 Å². The van der Waals surface area contributed by atoms with Crippen molar-refractivity contribution in [1.29, 1.82) is 0 Å². The average molecular weight is 298 g/mol. The van der Waals surface area contributed by atoms with E-state index in [1.54, 1.807) is 24.3 Å². The van der Waals surface area contributed by atoms with Crippen molar-refractivity contribution in [3.63, 3.8) is 0 Å². The summed E-state index contributed by atoms with van der Waals surface area (Å²) in [5, 5.41) is 3.18. The quantitative estimate of drug-likeness (QED) is 0.890. The van der Waals surface area contributed by atoms with Crippen LogP contribution in [0.3, 0.4) is 0 Å². The van der Waals surface area contributed by atoms with Crippen molar-refractivity contribution in [3.05, 3.63) is 53.9 Å². The normalized spacial score (nSPS) is 11.8. The van der Waals surface area contributed by atoms with Crippen LogP contribution in [0, 0.1) is 0 Å². The summed E-state index contributed by atoms with van der Waals surface area (Å²) in [5.74, 6) is 0.468. The average Bonchev–Trinajstić information content (AvgIpc) is 2.55. The van der Waals surface area contributed by atoms with E-state index >= 15 is 0 Å². The molecule has 2 rings (SSSR count). The summed E-state index contributed by atoms with van der Waals surface area (Å²) >= 11 is 0. The molecule has 1 amide bonds. The van der Waals surface area contributed by atoms with Gasteiger partial charge in [0.25, 0.3) is 5.91 Å². The molecule has 0 aliphatic carbocycles. The van der Waals surface area contributed by atoms with E-state index in [9.17, 15) is 4.79 Å². The first-order valence-corrected chi connectivity index (χ1v) is 7.48. The fourth-order valence-corrected chi connectivity index (χ4v) is 1.98. The number of rotatable bonds is 6. The van der Waals surface area contributed by atoms with Crippen molar-refractivity contribution in [2.45, 2.75) is 32.9 Å². The molecule has 1 unspecified atom stereocenters. The fraction of sp³-hybridized carbons (Fsp3) is 0.353. The van der Waals surface area contributed by atoms with Gasteiger partial charge in [-0.15, -0.1) is 0 Å². The molecule has 2 aromatic rings. The Balaban J connectivity index is 2.00. The Kier molecular flexibility index (Phi) is 5.47. The summed E-state index contributed by atoms with van der Waals surface area (Å²) in [6.45, 7) is 4.72. The Labute approximate surface area is 131 Å². The summed E-state index contributed by atoms with van der Waals surface area (Å²) in [4.78, 5) is 22.4. The topological polar surface area (TPSA) is 58.1 Å². The summed E-state index contributed by atoms with van der Waals surface area (Å²) in [6, 6.07) is 10.2. The number of aromatic nitrogens is 2. The lowest BCUT2D eigenvalue weighted by molar-refractivity contribution is 0.0784. The molecule has 0 saturated carbocycles. The van der Waals surface area contributed by atoms with Gasteiger partial charge in [-0.25, -0.2) is 9.97 Å². The lowest BCUT2D eigenvalue weighted by Crippen LogP contribution is -2.26. The largest absolute Gasteiger partial charge is 0.352 e. The molecule has 1 aromatic carbocycles. The maximum absolute atomic E-state index is 12.4. The van der Waals surface area contributed by atoms with Gasteiger partial charge in [0, 0.05) is 32.0 Å². The van der Waals surface area contributed by atoms with E-state index in [4.69, 9.17) is 0 Å². The Hall–Kier alpha value is -2.43. The van der Waals surface area contributed by atoms with Crippen LogP contribution in [-0.4, -0.2) is 33.9 Å². The van der Waals surface area contributed by atoms with Crippen molar-refractivity contribution in [2.24, 2.45) is 0 Å². The number of nitrogens with one attached hydrogen (secondary N) is 1. The lowest BCUT2D eigenvalue weighted by atomic mass is 10.2. The maximum Gasteiger partial charge on any atom is 0.257 e. The Bertz CT molecular complexity index is 598. The number of carbonyl (C=O) groups excluding carboxylic acids is 1. The minimum absolute atomic E-state index is 0.0843. The maximum atomic E-state index is 12.4. The van der Waals surface area contributed by atoms with Gasteiger partial charge in [-0.2, -0.15) is 0 Å². The van der Waals surface area contributed by atoms with Crippen LogP contribution in [0.15, 0.2) is 42.7 Å². The first kappa shape index (κ1) is 15.9. The molecule has 22 heavy (non-hydrogen) atoms. The summed E-state index contributed by atoms with van der Waals surface area (Å²) in [6.07, 6.45) is 4.13. The van der Waals surface area contributed by atoms with Gasteiger partial charge in [-0.1, -0.05) is 37.3 Å². The molecule has 0 spiro atoms. The van der Waals surface area contributed by atoms with Crippen LogP contribution in [0.4, 0.5) is 5.95 Å². The highest BCUT2D eigenvalue weighted by molar-refractivity contribution is 5.93. The fourth-order valence-electron chi connectivity index (χ4n) is 1.98. The van der Waals surface area contributed by atoms with E-state index < -0.39 is 0 Å². The Morgan fingerprint density at radius 3 is 2.45 bits per heavy atom. The molecule has 0 fully saturated rings. The number of benzene rings is 1. The first-order valence-electron chi connectivity index (χ1n) is 7.48. The molecule has 5 nitrogen and oxygen atoms in total. The van der Waals surface area contributed by atoms with E-state index in [2.05, 4.69) is 29.1 Å². The number of nitrogens with zero attached hydrogens (tertiary/aromatic N) is 3. The predicted molar refractivity (Wildman–Crippen MR) is 87.6 cm³/mol. The van der Waals surface area contributed by atoms with Gasteiger partial charge < -0.3 is 10.2 Å². The van der Waals surface area contributed by atoms with E-state index in [1.165, 1.54) is 0 Å². The van der Waals surface area contributed by atoms with Crippen molar-refractivity contribution < 1.29 is 4.79 Å². The summed E-state index contributed by atoms with van der Waals surface area (Å²) in [5.41, 5.74) is 1.59. The highest BCUT2D eigenvalue weighted by Gasteiger charge is 2.13. The third-order valence-corrected chi connectivity index (χ3v) is 3.50. The molecule has 1 N–H and O–H groups in total. The second kappa shape index (κ2) is 7.54. The number of hydrogen-bond acceptors (Lipinski definition) is 4. The SMILES string of the molecule is CCC(C)Nc1ncc(C(=O)N(C)Cc2ccccc2)cn1. The van der Waals surface area contributed by atoms with E-state index in [-0.39, 0.29) is 5.91 Å². The molecular weight excluding hydrogens is 276 g/mol. The van der Waals surface area contributed by atoms with Crippen molar-refractivity contribution in [2.75, 3.05) is 12.4 Å². The van der Waals surface area contributed by atoms with Crippen LogP contribution in [0.2, 0.25) is 0 Å². The number of carbonyl (C=O) groups is 1. The van der Waals surface area contributed by atoms with Gasteiger partial charge >= 0.3 is 0 Å². The smallest absolute Gasteiger partial charge is 0.257 e. The number of anilines is 1. The second-order valence-corrected chi connectivity index (χ2v) is 5.40. The van der Waals surface area contributed by atoms with E-state index in [0.29, 0.717) is 24.1 Å². The predicted octanol–water partition coefficient (Wildman–Crippen LogP) is 2.96. The molecule has 1 aromatic heterocycles. The standard InChI is InChI=1S/C17H22N4O/c1-4-13(2)20-17-18-10-15(11-19-17)16(22)21(3)12-14-8-6-5-7-9-14/h5-11,13H,4,12H2,1-3H3,(H,18,19,20). The molecule has 5 heteroatoms. The van der Waals surface area contributed by atoms with Crippen LogP contribution >= 0.6 is 0 Å². The highest BCUT2D eigenvalue weighted by Crippen LogP contribution is 2.09. The van der Waals surface area contributed by atoms with Gasteiger partial charge in [0.15, 0.2) is 0 Å². The van der Waals surface area contributed by atoms with Crippen LogP contribution in [0.5, 0.6) is 0 Å². The van der Waals surface area contributed by atoms with Crippen molar-refractivity contribution in [3.8, 4) is 0 Å². The summed E-state index contributed by atoms with van der Waals surface area (Å²) < 4.78 is 0. The minimum Gasteiger partial charge on any atom is -0.352 e. The van der Waals surface area contributed by atoms with Gasteiger partial charge in [0.05, 0.1) is 5.56 Å². The van der Waals surface area contributed by atoms with Gasteiger partial charge in [-0.05, 0) is 18.9 Å². The molecule has 1 heterocycles. The zero-order valence-electron chi connectivity index (χ0n) is 13.3. The van der Waals surface area contributed by atoms with Crippen LogP contribution in [-0.2, 0) is 6.54 Å². The van der Waals surface area contributed by atoms with Gasteiger partial charge in [-0.3, -0.25) is 4.79 Å². The van der Waals surface area contributed by atoms with Gasteiger partial charge in [0.1, 0.15) is 0 Å². The molecule has 116 valence electrons. The molecular formula is C17H22N4O. The van der Waals surface area contributed by atoms with Crippen molar-refractivity contribution in [1.82, 2.24) is 14.9 Å². The second-order valence-electron chi connectivity index (χ2n) is 5.40. The molecule has 0 saturated heterocycles. The van der Waals surface area contributed by atoms with E-state index in [0.717, 1.165) is 12.0 Å². The lowest BCUT2D eigenvalue weighted by Gasteiger charge is -2.17. The highest BCUT2D eigenvalue weighted by atomic mass is 16.2. The monoisotopic (exact) mass is 298 g/mol. The number of hydrogen-bond donors (Lipinski definition) is 1. The Morgan fingerprint density at radius 1 is 1.23 bits per heavy atom. The minimum atomic E-state index is -0.0843.